The zero-order valence-corrected chi connectivity index (χ0v) is 11.9. The molecule has 0 amide bonds. The van der Waals surface area contributed by atoms with E-state index in [1.54, 1.807) is 41.5 Å². The average Bonchev–Trinajstić information content (AvgIpc) is 1.96. The number of hydrogen-bond acceptors (Lipinski definition) is 4. The molecule has 0 radical (unpaired) electrons. The molecule has 17 heavy (non-hydrogen) atoms. The molecule has 1 atom stereocenters. The van der Waals surface area contributed by atoms with E-state index < -0.39 is 11.0 Å². The second kappa shape index (κ2) is 5.52. The molecule has 0 heterocycles. The first-order valence-electron chi connectivity index (χ1n) is 5.85. The summed E-state index contributed by atoms with van der Waals surface area (Å²) in [6.45, 7) is 12.2. The average molecular weight is 244 g/mol. The highest BCUT2D eigenvalue weighted by molar-refractivity contribution is 5.75. The molecule has 0 aromatic rings. The van der Waals surface area contributed by atoms with Crippen molar-refractivity contribution in [1.82, 2.24) is 0 Å². The van der Waals surface area contributed by atoms with E-state index in [0.29, 0.717) is 6.42 Å². The fourth-order valence-corrected chi connectivity index (χ4v) is 1.52. The Morgan fingerprint density at radius 2 is 1.59 bits per heavy atom. The van der Waals surface area contributed by atoms with Crippen molar-refractivity contribution in [2.75, 3.05) is 0 Å². The molecule has 0 aliphatic rings. The molecule has 0 bridgehead atoms. The van der Waals surface area contributed by atoms with Gasteiger partial charge >= 0.3 is 11.9 Å². The summed E-state index contributed by atoms with van der Waals surface area (Å²) in [4.78, 5) is 22.5. The van der Waals surface area contributed by atoms with E-state index in [2.05, 4.69) is 0 Å². The molecule has 100 valence electrons. The Morgan fingerprint density at radius 1 is 1.12 bits per heavy atom. The summed E-state index contributed by atoms with van der Waals surface area (Å²) in [7, 11) is 0. The molecule has 4 heteroatoms. The van der Waals surface area contributed by atoms with Gasteiger partial charge in [-0.1, -0.05) is 0 Å². The van der Waals surface area contributed by atoms with Gasteiger partial charge in [0.1, 0.15) is 11.7 Å². The molecule has 0 saturated carbocycles. The second-order valence-corrected chi connectivity index (χ2v) is 6.02. The van der Waals surface area contributed by atoms with E-state index in [9.17, 15) is 9.59 Å². The molecule has 0 aliphatic carbocycles. The summed E-state index contributed by atoms with van der Waals surface area (Å²) in [6.07, 6.45) is 0.199. The predicted molar refractivity (Wildman–Crippen MR) is 65.5 cm³/mol. The van der Waals surface area contributed by atoms with Crippen LogP contribution >= 0.6 is 0 Å². The van der Waals surface area contributed by atoms with E-state index in [1.165, 1.54) is 6.92 Å². The third-order valence-electron chi connectivity index (χ3n) is 2.12. The number of carbonyl (C=O) groups is 2. The van der Waals surface area contributed by atoms with E-state index in [-0.39, 0.29) is 18.0 Å². The summed E-state index contributed by atoms with van der Waals surface area (Å²) >= 11 is 0. The van der Waals surface area contributed by atoms with Gasteiger partial charge in [0.2, 0.25) is 0 Å². The van der Waals surface area contributed by atoms with Crippen molar-refractivity contribution < 1.29 is 19.1 Å². The third kappa shape index (κ3) is 6.97. The number of ether oxygens (including phenoxy) is 2. The number of rotatable bonds is 4. The van der Waals surface area contributed by atoms with Crippen molar-refractivity contribution in [3.63, 3.8) is 0 Å². The Labute approximate surface area is 104 Å². The van der Waals surface area contributed by atoms with Crippen molar-refractivity contribution in [2.24, 2.45) is 5.41 Å². The SMILES string of the molecule is CC(=O)OC(C)(C)CC(C)OC(=O)C(C)(C)C. The van der Waals surface area contributed by atoms with E-state index in [1.807, 2.05) is 0 Å². The first-order valence-corrected chi connectivity index (χ1v) is 5.85. The lowest BCUT2D eigenvalue weighted by Crippen LogP contribution is -2.34. The normalized spacial score (nSPS) is 14.1. The quantitative estimate of drug-likeness (QED) is 0.713. The van der Waals surface area contributed by atoms with Gasteiger partial charge < -0.3 is 9.47 Å². The first kappa shape index (κ1) is 15.9. The molecule has 4 nitrogen and oxygen atoms in total. The van der Waals surface area contributed by atoms with Gasteiger partial charge in [-0.3, -0.25) is 9.59 Å². The lowest BCUT2D eigenvalue weighted by Gasteiger charge is -2.29. The van der Waals surface area contributed by atoms with Gasteiger partial charge in [-0.2, -0.15) is 0 Å². The van der Waals surface area contributed by atoms with Crippen molar-refractivity contribution in [2.45, 2.75) is 66.6 Å². The monoisotopic (exact) mass is 244 g/mol. The minimum Gasteiger partial charge on any atom is -0.462 e. The van der Waals surface area contributed by atoms with Crippen molar-refractivity contribution in [3.05, 3.63) is 0 Å². The fraction of sp³-hybridized carbons (Fsp3) is 0.846. The molecular formula is C13H24O4. The van der Waals surface area contributed by atoms with E-state index in [0.717, 1.165) is 0 Å². The minimum atomic E-state index is -0.622. The molecule has 0 aromatic heterocycles. The maximum atomic E-state index is 11.7. The van der Waals surface area contributed by atoms with Crippen LogP contribution in [0.15, 0.2) is 0 Å². The highest BCUT2D eigenvalue weighted by Crippen LogP contribution is 2.22. The van der Waals surface area contributed by atoms with Crippen molar-refractivity contribution >= 4 is 11.9 Å². The van der Waals surface area contributed by atoms with Crippen LogP contribution in [0.4, 0.5) is 0 Å². The van der Waals surface area contributed by atoms with Gasteiger partial charge in [0, 0.05) is 13.3 Å². The Morgan fingerprint density at radius 3 is 1.94 bits per heavy atom. The van der Waals surface area contributed by atoms with Crippen LogP contribution in [0.3, 0.4) is 0 Å². The summed E-state index contributed by atoms with van der Waals surface area (Å²) in [5.41, 5.74) is -1.14. The van der Waals surface area contributed by atoms with Gasteiger partial charge in [0.25, 0.3) is 0 Å². The summed E-state index contributed by atoms with van der Waals surface area (Å²) in [6, 6.07) is 0. The second-order valence-electron chi connectivity index (χ2n) is 6.02. The van der Waals surface area contributed by atoms with E-state index in [4.69, 9.17) is 9.47 Å². The Kier molecular flexibility index (Phi) is 5.17. The Hall–Kier alpha value is -1.06. The molecule has 0 rings (SSSR count). The zero-order valence-electron chi connectivity index (χ0n) is 11.9. The van der Waals surface area contributed by atoms with Crippen LogP contribution in [0, 0.1) is 5.41 Å². The molecule has 0 aromatic carbocycles. The van der Waals surface area contributed by atoms with Crippen molar-refractivity contribution in [3.8, 4) is 0 Å². The first-order chi connectivity index (χ1) is 7.44. The van der Waals surface area contributed by atoms with Crippen LogP contribution in [-0.2, 0) is 19.1 Å². The smallest absolute Gasteiger partial charge is 0.311 e. The van der Waals surface area contributed by atoms with Crippen LogP contribution in [-0.4, -0.2) is 23.6 Å². The van der Waals surface area contributed by atoms with Gasteiger partial charge in [0.05, 0.1) is 5.41 Å². The highest BCUT2D eigenvalue weighted by Gasteiger charge is 2.29. The van der Waals surface area contributed by atoms with Gasteiger partial charge in [-0.05, 0) is 41.5 Å². The van der Waals surface area contributed by atoms with Gasteiger partial charge in [0.15, 0.2) is 0 Å². The fourth-order valence-electron chi connectivity index (χ4n) is 1.52. The predicted octanol–water partition coefficient (Wildman–Crippen LogP) is 2.70. The molecule has 0 aliphatic heterocycles. The highest BCUT2D eigenvalue weighted by atomic mass is 16.6. The summed E-state index contributed by atoms with van der Waals surface area (Å²) in [5.74, 6) is -0.576. The Bertz CT molecular complexity index is 286. The van der Waals surface area contributed by atoms with Crippen LogP contribution in [0.5, 0.6) is 0 Å². The molecule has 0 fully saturated rings. The van der Waals surface area contributed by atoms with Gasteiger partial charge in [-0.25, -0.2) is 0 Å². The number of hydrogen-bond donors (Lipinski definition) is 0. The lowest BCUT2D eigenvalue weighted by atomic mass is 9.96. The topological polar surface area (TPSA) is 52.6 Å². The maximum absolute atomic E-state index is 11.7. The van der Waals surface area contributed by atoms with Crippen LogP contribution < -0.4 is 0 Å². The van der Waals surface area contributed by atoms with Gasteiger partial charge in [-0.15, -0.1) is 0 Å². The maximum Gasteiger partial charge on any atom is 0.311 e. The molecule has 0 N–H and O–H groups in total. The van der Waals surface area contributed by atoms with Crippen LogP contribution in [0.1, 0.15) is 54.9 Å². The molecule has 0 saturated heterocycles. The lowest BCUT2D eigenvalue weighted by molar-refractivity contribution is -0.164. The number of esters is 2. The molecular weight excluding hydrogens is 220 g/mol. The van der Waals surface area contributed by atoms with Crippen LogP contribution in [0.2, 0.25) is 0 Å². The summed E-state index contributed by atoms with van der Waals surface area (Å²) in [5, 5.41) is 0. The molecule has 1 unspecified atom stereocenters. The molecule has 0 spiro atoms. The number of carbonyl (C=O) groups excluding carboxylic acids is 2. The zero-order chi connectivity index (χ0) is 13.9. The van der Waals surface area contributed by atoms with Crippen molar-refractivity contribution in [1.29, 1.82) is 0 Å². The van der Waals surface area contributed by atoms with E-state index >= 15 is 0 Å². The summed E-state index contributed by atoms with van der Waals surface area (Å²) < 4.78 is 10.4. The standard InChI is InChI=1S/C13H24O4/c1-9(16-11(15)12(3,4)5)8-13(6,7)17-10(2)14/h9H,8H2,1-7H3. The van der Waals surface area contributed by atoms with Crippen LogP contribution in [0.25, 0.3) is 0 Å². The Balaban J connectivity index is 4.31. The third-order valence-corrected chi connectivity index (χ3v) is 2.12. The largest absolute Gasteiger partial charge is 0.462 e. The minimum absolute atomic E-state index is 0.247.